The fraction of sp³-hybridized carbons (Fsp3) is 0. The van der Waals surface area contributed by atoms with Gasteiger partial charge in [-0.15, -0.1) is 11.3 Å². The van der Waals surface area contributed by atoms with Crippen molar-refractivity contribution < 1.29 is 0 Å². The van der Waals surface area contributed by atoms with Crippen molar-refractivity contribution >= 4 is 37.4 Å². The Labute approximate surface area is 117 Å². The fourth-order valence-electron chi connectivity index (χ4n) is 1.93. The van der Waals surface area contributed by atoms with Crippen molar-refractivity contribution in [2.45, 2.75) is 0 Å². The van der Waals surface area contributed by atoms with E-state index in [0.717, 1.165) is 10.0 Å². The van der Waals surface area contributed by atoms with Crippen LogP contribution in [0.4, 0.5) is 0 Å². The first kappa shape index (κ1) is 11.5. The Balaban J connectivity index is 2.25. The van der Waals surface area contributed by atoms with Gasteiger partial charge in [-0.25, -0.2) is 0 Å². The molecule has 3 heteroatoms. The van der Waals surface area contributed by atoms with Crippen molar-refractivity contribution in [3.8, 4) is 16.5 Å². The van der Waals surface area contributed by atoms with Gasteiger partial charge < -0.3 is 0 Å². The monoisotopic (exact) mass is 313 g/mol. The number of nitrogens with zero attached hydrogens (tertiary/aromatic N) is 1. The molecule has 0 saturated heterocycles. The topological polar surface area (TPSA) is 23.8 Å². The van der Waals surface area contributed by atoms with Gasteiger partial charge in [-0.2, -0.15) is 5.26 Å². The molecule has 2 aromatic carbocycles. The van der Waals surface area contributed by atoms with E-state index in [9.17, 15) is 0 Å². The Kier molecular flexibility index (Phi) is 2.91. The maximum absolute atomic E-state index is 8.96. The van der Waals surface area contributed by atoms with Gasteiger partial charge in [0.15, 0.2) is 0 Å². The molecular weight excluding hydrogens is 306 g/mol. The normalized spacial score (nSPS) is 10.4. The van der Waals surface area contributed by atoms with Crippen molar-refractivity contribution in [1.82, 2.24) is 0 Å². The number of benzene rings is 2. The van der Waals surface area contributed by atoms with Crippen molar-refractivity contribution in [3.63, 3.8) is 0 Å². The van der Waals surface area contributed by atoms with E-state index >= 15 is 0 Å². The Morgan fingerprint density at radius 3 is 2.67 bits per heavy atom. The van der Waals surface area contributed by atoms with Gasteiger partial charge >= 0.3 is 0 Å². The second kappa shape index (κ2) is 4.56. The maximum atomic E-state index is 8.96. The molecule has 1 nitrogen and oxygen atoms in total. The Morgan fingerprint density at radius 1 is 1.06 bits per heavy atom. The third kappa shape index (κ3) is 1.84. The predicted molar refractivity (Wildman–Crippen MR) is 79.7 cm³/mol. The number of fused-ring (bicyclic) bond motifs is 1. The summed E-state index contributed by atoms with van der Waals surface area (Å²) in [5.41, 5.74) is 1.78. The first-order valence-corrected chi connectivity index (χ1v) is 7.08. The Hall–Kier alpha value is -1.63. The first-order chi connectivity index (χ1) is 8.79. The molecule has 0 fully saturated rings. The standard InChI is InChI=1S/C15H8BrNS/c16-14-12-6-1-2-7-13(12)18-15(14)11-5-3-4-10(8-11)9-17/h1-8H. The highest BCUT2D eigenvalue weighted by Gasteiger charge is 2.11. The minimum atomic E-state index is 0.692. The lowest BCUT2D eigenvalue weighted by molar-refractivity contribution is 1.49. The number of rotatable bonds is 1. The van der Waals surface area contributed by atoms with E-state index in [-0.39, 0.29) is 0 Å². The molecule has 86 valence electrons. The van der Waals surface area contributed by atoms with E-state index in [4.69, 9.17) is 5.26 Å². The quantitative estimate of drug-likeness (QED) is 0.605. The predicted octanol–water partition coefficient (Wildman–Crippen LogP) is 5.20. The molecule has 0 N–H and O–H groups in total. The van der Waals surface area contributed by atoms with Gasteiger partial charge in [-0.05, 0) is 39.7 Å². The summed E-state index contributed by atoms with van der Waals surface area (Å²) in [4.78, 5) is 1.17. The minimum Gasteiger partial charge on any atom is -0.192 e. The highest BCUT2D eigenvalue weighted by Crippen LogP contribution is 2.42. The molecule has 0 aliphatic carbocycles. The van der Waals surface area contributed by atoms with Crippen molar-refractivity contribution in [2.75, 3.05) is 0 Å². The van der Waals surface area contributed by atoms with Gasteiger partial charge in [0.05, 0.1) is 11.6 Å². The van der Waals surface area contributed by atoms with Crippen LogP contribution in [0, 0.1) is 11.3 Å². The zero-order valence-electron chi connectivity index (χ0n) is 9.35. The lowest BCUT2D eigenvalue weighted by Crippen LogP contribution is -1.77. The Morgan fingerprint density at radius 2 is 1.89 bits per heavy atom. The molecule has 0 radical (unpaired) electrons. The molecule has 0 saturated carbocycles. The molecule has 0 aliphatic heterocycles. The average Bonchev–Trinajstić information content (AvgIpc) is 2.77. The molecule has 3 aromatic rings. The second-order valence-corrected chi connectivity index (χ2v) is 5.78. The van der Waals surface area contributed by atoms with E-state index in [2.05, 4.69) is 34.1 Å². The van der Waals surface area contributed by atoms with Crippen LogP contribution in [0.5, 0.6) is 0 Å². The zero-order valence-corrected chi connectivity index (χ0v) is 11.8. The SMILES string of the molecule is N#Cc1cccc(-c2sc3ccccc3c2Br)c1. The third-order valence-electron chi connectivity index (χ3n) is 2.79. The summed E-state index contributed by atoms with van der Waals surface area (Å²) < 4.78 is 2.36. The summed E-state index contributed by atoms with van der Waals surface area (Å²) in [6, 6.07) is 18.2. The van der Waals surface area contributed by atoms with Gasteiger partial charge in [0, 0.05) is 19.4 Å². The van der Waals surface area contributed by atoms with Crippen molar-refractivity contribution in [3.05, 3.63) is 58.6 Å². The summed E-state index contributed by atoms with van der Waals surface area (Å²) >= 11 is 5.40. The van der Waals surface area contributed by atoms with Crippen LogP contribution in [0.15, 0.2) is 53.0 Å². The maximum Gasteiger partial charge on any atom is 0.0991 e. The molecule has 18 heavy (non-hydrogen) atoms. The highest BCUT2D eigenvalue weighted by molar-refractivity contribution is 9.10. The van der Waals surface area contributed by atoms with Gasteiger partial charge in [-0.3, -0.25) is 0 Å². The summed E-state index contributed by atoms with van der Waals surface area (Å²) in [6.45, 7) is 0. The second-order valence-electron chi connectivity index (χ2n) is 3.93. The molecule has 3 rings (SSSR count). The van der Waals surface area contributed by atoms with Crippen LogP contribution in [0.3, 0.4) is 0 Å². The van der Waals surface area contributed by atoms with E-state index < -0.39 is 0 Å². The van der Waals surface area contributed by atoms with Crippen molar-refractivity contribution in [1.29, 1.82) is 5.26 Å². The summed E-state index contributed by atoms with van der Waals surface area (Å²) in [5.74, 6) is 0. The van der Waals surface area contributed by atoms with Gasteiger partial charge in [0.2, 0.25) is 0 Å². The largest absolute Gasteiger partial charge is 0.192 e. The fourth-order valence-corrected chi connectivity index (χ4v) is 3.97. The van der Waals surface area contributed by atoms with E-state index in [1.165, 1.54) is 15.0 Å². The lowest BCUT2D eigenvalue weighted by atomic mass is 10.1. The van der Waals surface area contributed by atoms with Crippen molar-refractivity contribution in [2.24, 2.45) is 0 Å². The number of halogens is 1. The minimum absolute atomic E-state index is 0.692. The van der Waals surface area contributed by atoms with Crippen LogP contribution in [-0.2, 0) is 0 Å². The summed E-state index contributed by atoms with van der Waals surface area (Å²) in [5, 5.41) is 10.2. The lowest BCUT2D eigenvalue weighted by Gasteiger charge is -1.99. The summed E-state index contributed by atoms with van der Waals surface area (Å²) in [6.07, 6.45) is 0. The van der Waals surface area contributed by atoms with Crippen LogP contribution in [0.2, 0.25) is 0 Å². The molecule has 0 spiro atoms. The third-order valence-corrected chi connectivity index (χ3v) is 5.09. The number of nitriles is 1. The molecule has 1 heterocycles. The average molecular weight is 314 g/mol. The van der Waals surface area contributed by atoms with Crippen LogP contribution < -0.4 is 0 Å². The van der Waals surface area contributed by atoms with E-state index in [1.807, 2.05) is 36.4 Å². The van der Waals surface area contributed by atoms with Crippen LogP contribution in [0.25, 0.3) is 20.5 Å². The molecule has 0 atom stereocenters. The number of hydrogen-bond donors (Lipinski definition) is 0. The smallest absolute Gasteiger partial charge is 0.0991 e. The van der Waals surface area contributed by atoms with Crippen LogP contribution >= 0.6 is 27.3 Å². The number of hydrogen-bond acceptors (Lipinski definition) is 2. The van der Waals surface area contributed by atoms with E-state index in [1.54, 1.807) is 11.3 Å². The summed E-state index contributed by atoms with van der Waals surface area (Å²) in [7, 11) is 0. The van der Waals surface area contributed by atoms with Gasteiger partial charge in [0.25, 0.3) is 0 Å². The molecule has 1 aromatic heterocycles. The number of thiophene rings is 1. The first-order valence-electron chi connectivity index (χ1n) is 5.47. The Bertz CT molecular complexity index is 768. The molecule has 0 unspecified atom stereocenters. The van der Waals surface area contributed by atoms with Gasteiger partial charge in [0.1, 0.15) is 0 Å². The molecular formula is C15H8BrNS. The molecule has 0 aliphatic rings. The van der Waals surface area contributed by atoms with E-state index in [0.29, 0.717) is 5.56 Å². The zero-order chi connectivity index (χ0) is 12.5. The molecule has 0 bridgehead atoms. The molecule has 0 amide bonds. The highest BCUT2D eigenvalue weighted by atomic mass is 79.9. The van der Waals surface area contributed by atoms with Crippen LogP contribution in [0.1, 0.15) is 5.56 Å². The van der Waals surface area contributed by atoms with Gasteiger partial charge in [-0.1, -0.05) is 30.3 Å². The van der Waals surface area contributed by atoms with Crippen LogP contribution in [-0.4, -0.2) is 0 Å².